The summed E-state index contributed by atoms with van der Waals surface area (Å²) in [4.78, 5) is 33.0. The Morgan fingerprint density at radius 1 is 1.04 bits per heavy atom. The number of piperidine rings is 1. The van der Waals surface area contributed by atoms with E-state index in [2.05, 4.69) is 4.98 Å². The summed E-state index contributed by atoms with van der Waals surface area (Å²) in [5.41, 5.74) is 1.71. The van der Waals surface area contributed by atoms with Gasteiger partial charge in [-0.3, -0.25) is 9.59 Å². The first kappa shape index (κ1) is 35.4. The van der Waals surface area contributed by atoms with Crippen molar-refractivity contribution in [3.05, 3.63) is 82.7 Å². The molecule has 0 spiro atoms. The summed E-state index contributed by atoms with van der Waals surface area (Å²) in [6.07, 6.45) is 4.17. The molecule has 1 aliphatic heterocycles. The molecule has 1 saturated heterocycles. The average Bonchev–Trinajstić information content (AvgIpc) is 3.45. The van der Waals surface area contributed by atoms with Crippen molar-refractivity contribution in [3.63, 3.8) is 0 Å². The fourth-order valence-corrected chi connectivity index (χ4v) is 7.98. The van der Waals surface area contributed by atoms with Gasteiger partial charge in [0.2, 0.25) is 5.16 Å². The van der Waals surface area contributed by atoms with Gasteiger partial charge >= 0.3 is 0 Å². The zero-order chi connectivity index (χ0) is 33.6. The van der Waals surface area contributed by atoms with Crippen molar-refractivity contribution in [2.24, 2.45) is 18.9 Å². The van der Waals surface area contributed by atoms with Crippen LogP contribution in [0.25, 0.3) is 0 Å². The molecule has 0 aliphatic carbocycles. The molecule has 9 nitrogen and oxygen atoms in total. The van der Waals surface area contributed by atoms with E-state index >= 15 is 0 Å². The summed E-state index contributed by atoms with van der Waals surface area (Å²) in [5, 5.41) is 11.6. The van der Waals surface area contributed by atoms with Crippen LogP contribution >= 0.6 is 0 Å². The maximum Gasteiger partial charge on any atom is 0.277 e. The lowest BCUT2D eigenvalue weighted by Gasteiger charge is -2.37. The number of sulfonamides is 1. The first-order valence-electron chi connectivity index (χ1n) is 15.9. The van der Waals surface area contributed by atoms with E-state index in [9.17, 15) is 31.9 Å². The normalized spacial score (nSPS) is 17.1. The van der Waals surface area contributed by atoms with Crippen LogP contribution in [-0.4, -0.2) is 76.3 Å². The van der Waals surface area contributed by atoms with E-state index in [0.29, 0.717) is 37.1 Å². The number of imidazole rings is 1. The number of rotatable bonds is 14. The summed E-state index contributed by atoms with van der Waals surface area (Å²) in [5.74, 6) is -3.36. The molecular formula is C34H44F2N4O5S. The van der Waals surface area contributed by atoms with E-state index in [1.807, 2.05) is 13.8 Å². The number of aryl methyl sites for hydroxylation is 2. The van der Waals surface area contributed by atoms with Crippen LogP contribution in [0.2, 0.25) is 0 Å². The van der Waals surface area contributed by atoms with Gasteiger partial charge in [0.1, 0.15) is 11.6 Å². The molecule has 2 heterocycles. The minimum atomic E-state index is -3.94. The average molecular weight is 659 g/mol. The van der Waals surface area contributed by atoms with Gasteiger partial charge in [0, 0.05) is 69.2 Å². The molecule has 1 fully saturated rings. The zero-order valence-electron chi connectivity index (χ0n) is 27.0. The Labute approximate surface area is 270 Å². The lowest BCUT2D eigenvalue weighted by Crippen LogP contribution is -2.46. The third-order valence-corrected chi connectivity index (χ3v) is 10.4. The van der Waals surface area contributed by atoms with Crippen LogP contribution in [0.15, 0.2) is 53.9 Å². The number of amides is 1. The number of hydrogen-bond acceptors (Lipinski definition) is 6. The molecule has 3 atom stereocenters. The van der Waals surface area contributed by atoms with Crippen LogP contribution in [-0.2, 0) is 23.5 Å². The molecule has 4 rings (SSSR count). The highest BCUT2D eigenvalue weighted by atomic mass is 32.2. The molecule has 0 radical (unpaired) electrons. The van der Waals surface area contributed by atoms with Crippen molar-refractivity contribution >= 4 is 21.7 Å². The maximum absolute atomic E-state index is 14.2. The third-order valence-electron chi connectivity index (χ3n) is 8.52. The number of benzene rings is 2. The number of ketones is 1. The topological polar surface area (TPSA) is 113 Å². The number of nitrogens with zero attached hydrogens (tertiary/aromatic N) is 4. The quantitative estimate of drug-likeness (QED) is 0.240. The molecule has 1 aliphatic rings. The van der Waals surface area contributed by atoms with Crippen LogP contribution in [0.3, 0.4) is 0 Å². The van der Waals surface area contributed by atoms with E-state index < -0.39 is 39.6 Å². The number of hydrogen-bond donors (Lipinski definition) is 1. The van der Waals surface area contributed by atoms with E-state index in [-0.39, 0.29) is 48.3 Å². The molecule has 0 unspecified atom stereocenters. The highest BCUT2D eigenvalue weighted by Crippen LogP contribution is 2.32. The number of halogens is 2. The minimum absolute atomic E-state index is 0.00630. The van der Waals surface area contributed by atoms with Crippen molar-refractivity contribution in [1.82, 2.24) is 18.8 Å². The van der Waals surface area contributed by atoms with E-state index in [1.165, 1.54) is 27.2 Å². The SMILES string of the molecule is CCCN(CCC)C(=O)c1cc(C)cc(C(=O)C[C@@H](Cc2cc(F)cc(F)c2)[C@H](O)[C@@H]2CCCN(S(=O)(=O)c3nccn3C)C2)c1. The second-order valence-electron chi connectivity index (χ2n) is 12.3. The first-order valence-corrected chi connectivity index (χ1v) is 17.3. The fourth-order valence-electron chi connectivity index (χ4n) is 6.38. The van der Waals surface area contributed by atoms with E-state index in [4.69, 9.17) is 0 Å². The smallest absolute Gasteiger partial charge is 0.277 e. The molecule has 0 saturated carbocycles. The molecule has 12 heteroatoms. The van der Waals surface area contributed by atoms with E-state index in [1.54, 1.807) is 43.3 Å². The molecule has 3 aromatic rings. The van der Waals surface area contributed by atoms with Gasteiger partial charge < -0.3 is 14.6 Å². The van der Waals surface area contributed by atoms with Gasteiger partial charge in [0.05, 0.1) is 6.10 Å². The third kappa shape index (κ3) is 8.45. The Balaban J connectivity index is 1.62. The highest BCUT2D eigenvalue weighted by molar-refractivity contribution is 7.89. The van der Waals surface area contributed by atoms with Gasteiger partial charge in [-0.2, -0.15) is 4.31 Å². The second kappa shape index (κ2) is 15.4. The van der Waals surface area contributed by atoms with Crippen molar-refractivity contribution in [1.29, 1.82) is 0 Å². The van der Waals surface area contributed by atoms with Crippen molar-refractivity contribution in [2.75, 3.05) is 26.2 Å². The number of aromatic nitrogens is 2. The number of carbonyl (C=O) groups excluding carboxylic acids is 2. The lowest BCUT2D eigenvalue weighted by atomic mass is 9.79. The van der Waals surface area contributed by atoms with Crippen LogP contribution < -0.4 is 0 Å². The summed E-state index contributed by atoms with van der Waals surface area (Å²) in [6.45, 7) is 7.25. The zero-order valence-corrected chi connectivity index (χ0v) is 27.8. The predicted molar refractivity (Wildman–Crippen MR) is 171 cm³/mol. The summed E-state index contributed by atoms with van der Waals surface area (Å²) >= 11 is 0. The van der Waals surface area contributed by atoms with E-state index in [0.717, 1.165) is 24.5 Å². The Bertz CT molecular complexity index is 1620. The Morgan fingerprint density at radius 3 is 2.30 bits per heavy atom. The largest absolute Gasteiger partial charge is 0.392 e. The molecular weight excluding hydrogens is 614 g/mol. The number of aliphatic hydroxyl groups excluding tert-OH is 1. The Hall–Kier alpha value is -3.48. The number of aliphatic hydroxyl groups is 1. The number of Topliss-reactive ketones (excluding diaryl/α,β-unsaturated/α-hetero) is 1. The predicted octanol–water partition coefficient (Wildman–Crippen LogP) is 5.16. The van der Waals surface area contributed by atoms with Crippen molar-refractivity contribution in [2.45, 2.75) is 70.6 Å². The molecule has 2 aromatic carbocycles. The highest BCUT2D eigenvalue weighted by Gasteiger charge is 2.38. The summed E-state index contributed by atoms with van der Waals surface area (Å²) in [7, 11) is -2.35. The molecule has 250 valence electrons. The van der Waals surface area contributed by atoms with Gasteiger partial charge in [-0.05, 0) is 92.3 Å². The number of carbonyl (C=O) groups is 2. The van der Waals surface area contributed by atoms with Crippen molar-refractivity contribution < 1.29 is 31.9 Å². The maximum atomic E-state index is 14.2. The molecule has 0 bridgehead atoms. The Morgan fingerprint density at radius 2 is 1.70 bits per heavy atom. The lowest BCUT2D eigenvalue weighted by molar-refractivity contribution is 0.0230. The molecule has 1 amide bonds. The molecule has 1 N–H and O–H groups in total. The Kier molecular flexibility index (Phi) is 11.8. The van der Waals surface area contributed by atoms with Crippen molar-refractivity contribution in [3.8, 4) is 0 Å². The molecule has 46 heavy (non-hydrogen) atoms. The second-order valence-corrected chi connectivity index (χ2v) is 14.2. The van der Waals surface area contributed by atoms with Crippen LogP contribution in [0.5, 0.6) is 0 Å². The van der Waals surface area contributed by atoms with Gasteiger partial charge in [0.15, 0.2) is 5.78 Å². The van der Waals surface area contributed by atoms with Crippen LogP contribution in [0, 0.1) is 30.4 Å². The van der Waals surface area contributed by atoms with Gasteiger partial charge in [-0.1, -0.05) is 13.8 Å². The van der Waals surface area contributed by atoms with Gasteiger partial charge in [-0.15, -0.1) is 0 Å². The first-order chi connectivity index (χ1) is 21.8. The standard InChI is InChI=1S/C34H44F2N4O5S/c1-5-10-39(11-6-2)33(43)28-15-23(3)14-26(19-28)31(41)20-27(16-24-17-29(35)21-30(36)18-24)32(42)25-8-7-12-40(22-25)46(44,45)34-37-9-13-38(34)4/h9,13-15,17-19,21,25,27,32,42H,5-8,10-12,16,20,22H2,1-4H3/t25-,27-,32-/m1/s1. The van der Waals surface area contributed by atoms with Gasteiger partial charge in [0.25, 0.3) is 15.9 Å². The van der Waals surface area contributed by atoms with Gasteiger partial charge in [-0.25, -0.2) is 22.2 Å². The molecule has 1 aromatic heterocycles. The van der Waals surface area contributed by atoms with Crippen LogP contribution in [0.1, 0.15) is 77.8 Å². The van der Waals surface area contributed by atoms with Crippen LogP contribution in [0.4, 0.5) is 8.78 Å². The minimum Gasteiger partial charge on any atom is -0.392 e. The summed E-state index contributed by atoms with van der Waals surface area (Å²) in [6, 6.07) is 8.11. The summed E-state index contributed by atoms with van der Waals surface area (Å²) < 4.78 is 57.8. The fraction of sp³-hybridized carbons (Fsp3) is 0.500. The monoisotopic (exact) mass is 658 g/mol.